The van der Waals surface area contributed by atoms with Gasteiger partial charge in [0.2, 0.25) is 0 Å². The summed E-state index contributed by atoms with van der Waals surface area (Å²) in [5.41, 5.74) is 6.82. The van der Waals surface area contributed by atoms with Gasteiger partial charge in [0.1, 0.15) is 0 Å². The molecule has 4 unspecified atom stereocenters. The highest BCUT2D eigenvalue weighted by Gasteiger charge is 2.42. The van der Waals surface area contributed by atoms with Gasteiger partial charge in [-0.2, -0.15) is 0 Å². The minimum atomic E-state index is 0.261. The van der Waals surface area contributed by atoms with E-state index in [2.05, 4.69) is 32.9 Å². The Kier molecular flexibility index (Phi) is 3.06. The standard InChI is InChI=1S/C16H25NS/c1-16(2,3)14-7-6-13(18-14)15(17)12-9-10-4-5-11(12)8-10/h6-7,10-12,15H,4-5,8-9,17H2,1-3H3. The third kappa shape index (κ3) is 2.14. The van der Waals surface area contributed by atoms with Crippen LogP contribution in [0.25, 0.3) is 0 Å². The summed E-state index contributed by atoms with van der Waals surface area (Å²) in [5.74, 6) is 2.67. The van der Waals surface area contributed by atoms with Crippen molar-refractivity contribution in [1.29, 1.82) is 0 Å². The zero-order valence-electron chi connectivity index (χ0n) is 11.8. The lowest BCUT2D eigenvalue weighted by Crippen LogP contribution is -2.25. The zero-order valence-corrected chi connectivity index (χ0v) is 12.6. The van der Waals surface area contributed by atoms with Crippen LogP contribution in [0.5, 0.6) is 0 Å². The van der Waals surface area contributed by atoms with E-state index < -0.39 is 0 Å². The molecule has 2 aliphatic rings. The molecule has 2 N–H and O–H groups in total. The van der Waals surface area contributed by atoms with Crippen molar-refractivity contribution in [2.75, 3.05) is 0 Å². The lowest BCUT2D eigenvalue weighted by Gasteiger charge is -2.27. The minimum absolute atomic E-state index is 0.261. The number of nitrogens with two attached hydrogens (primary N) is 1. The minimum Gasteiger partial charge on any atom is -0.323 e. The number of hydrogen-bond acceptors (Lipinski definition) is 2. The molecule has 0 amide bonds. The molecular weight excluding hydrogens is 238 g/mol. The Labute approximate surface area is 115 Å². The summed E-state index contributed by atoms with van der Waals surface area (Å²) in [5, 5.41) is 0. The van der Waals surface area contributed by atoms with Gasteiger partial charge in [-0.25, -0.2) is 0 Å². The average molecular weight is 263 g/mol. The van der Waals surface area contributed by atoms with Crippen molar-refractivity contribution in [1.82, 2.24) is 0 Å². The van der Waals surface area contributed by atoms with Crippen LogP contribution in [-0.4, -0.2) is 0 Å². The predicted molar refractivity (Wildman–Crippen MR) is 78.9 cm³/mol. The SMILES string of the molecule is CC(C)(C)c1ccc(C(N)C2CC3CCC2C3)s1. The van der Waals surface area contributed by atoms with E-state index in [1.165, 1.54) is 35.4 Å². The number of fused-ring (bicyclic) bond motifs is 2. The van der Waals surface area contributed by atoms with E-state index in [4.69, 9.17) is 5.73 Å². The Morgan fingerprint density at radius 2 is 2.00 bits per heavy atom. The summed E-state index contributed by atoms with van der Waals surface area (Å²) in [6, 6.07) is 4.86. The van der Waals surface area contributed by atoms with Gasteiger partial charge in [0.15, 0.2) is 0 Å². The fourth-order valence-corrected chi connectivity index (χ4v) is 5.02. The van der Waals surface area contributed by atoms with E-state index in [0.29, 0.717) is 6.04 Å². The molecule has 0 radical (unpaired) electrons. The summed E-state index contributed by atoms with van der Waals surface area (Å²) < 4.78 is 0. The van der Waals surface area contributed by atoms with Gasteiger partial charge in [-0.1, -0.05) is 27.2 Å². The third-order valence-corrected chi connectivity index (χ3v) is 6.56. The quantitative estimate of drug-likeness (QED) is 0.836. The molecule has 3 rings (SSSR count). The van der Waals surface area contributed by atoms with Crippen molar-refractivity contribution in [3.05, 3.63) is 21.9 Å². The molecule has 1 heterocycles. The van der Waals surface area contributed by atoms with Crippen LogP contribution in [0.1, 0.15) is 62.3 Å². The Hall–Kier alpha value is -0.340. The second-order valence-corrected chi connectivity index (χ2v) is 8.43. The molecule has 2 saturated carbocycles. The van der Waals surface area contributed by atoms with Crippen molar-refractivity contribution in [3.8, 4) is 0 Å². The van der Waals surface area contributed by atoms with Gasteiger partial charge in [-0.3, -0.25) is 0 Å². The van der Waals surface area contributed by atoms with Crippen LogP contribution in [0.2, 0.25) is 0 Å². The first-order valence-corrected chi connectivity index (χ1v) is 8.12. The van der Waals surface area contributed by atoms with Gasteiger partial charge in [0.25, 0.3) is 0 Å². The van der Waals surface area contributed by atoms with E-state index in [1.54, 1.807) is 0 Å². The van der Waals surface area contributed by atoms with Gasteiger partial charge in [0.05, 0.1) is 0 Å². The van der Waals surface area contributed by atoms with Gasteiger partial charge in [-0.05, 0) is 54.6 Å². The smallest absolute Gasteiger partial charge is 0.0421 e. The molecule has 0 spiro atoms. The molecule has 2 aliphatic carbocycles. The highest BCUT2D eigenvalue weighted by atomic mass is 32.1. The van der Waals surface area contributed by atoms with Crippen molar-refractivity contribution in [2.45, 2.75) is 57.9 Å². The van der Waals surface area contributed by atoms with Crippen LogP contribution >= 0.6 is 11.3 Å². The van der Waals surface area contributed by atoms with Gasteiger partial charge < -0.3 is 5.73 Å². The molecule has 4 atom stereocenters. The van der Waals surface area contributed by atoms with E-state index in [-0.39, 0.29) is 5.41 Å². The van der Waals surface area contributed by atoms with Crippen molar-refractivity contribution in [2.24, 2.45) is 23.5 Å². The second-order valence-electron chi connectivity index (χ2n) is 7.32. The molecule has 1 nitrogen and oxygen atoms in total. The third-order valence-electron chi connectivity index (χ3n) is 4.95. The molecule has 0 aliphatic heterocycles. The molecule has 2 fully saturated rings. The molecule has 0 saturated heterocycles. The Morgan fingerprint density at radius 1 is 1.22 bits per heavy atom. The first kappa shape index (κ1) is 12.7. The van der Waals surface area contributed by atoms with Gasteiger partial charge in [0, 0.05) is 15.8 Å². The second kappa shape index (κ2) is 4.35. The van der Waals surface area contributed by atoms with E-state index >= 15 is 0 Å². The predicted octanol–water partition coefficient (Wildman–Crippen LogP) is 4.48. The van der Waals surface area contributed by atoms with E-state index in [9.17, 15) is 0 Å². The average Bonchev–Trinajstić information content (AvgIpc) is 3.02. The molecule has 1 aromatic heterocycles. The number of rotatable bonds is 2. The van der Waals surface area contributed by atoms with Crippen molar-refractivity contribution in [3.63, 3.8) is 0 Å². The molecule has 100 valence electrons. The first-order chi connectivity index (χ1) is 8.45. The van der Waals surface area contributed by atoms with Crippen LogP contribution in [0.15, 0.2) is 12.1 Å². The zero-order chi connectivity index (χ0) is 12.9. The Morgan fingerprint density at radius 3 is 2.50 bits per heavy atom. The monoisotopic (exact) mass is 263 g/mol. The van der Waals surface area contributed by atoms with Crippen LogP contribution in [0.4, 0.5) is 0 Å². The van der Waals surface area contributed by atoms with Gasteiger partial charge >= 0.3 is 0 Å². The lowest BCUT2D eigenvalue weighted by atomic mass is 9.83. The van der Waals surface area contributed by atoms with Crippen LogP contribution in [0, 0.1) is 17.8 Å². The summed E-state index contributed by atoms with van der Waals surface area (Å²) in [6.07, 6.45) is 5.73. The Bertz CT molecular complexity index is 429. The normalized spacial score (nSPS) is 33.0. The fourth-order valence-electron chi connectivity index (χ4n) is 3.88. The van der Waals surface area contributed by atoms with Gasteiger partial charge in [-0.15, -0.1) is 11.3 Å². The largest absolute Gasteiger partial charge is 0.323 e. The Balaban J connectivity index is 1.76. The molecule has 1 aromatic rings. The maximum absolute atomic E-state index is 6.55. The van der Waals surface area contributed by atoms with Crippen molar-refractivity contribution < 1.29 is 0 Å². The number of thiophene rings is 1. The maximum Gasteiger partial charge on any atom is 0.0421 e. The summed E-state index contributed by atoms with van der Waals surface area (Å²) >= 11 is 1.94. The highest BCUT2D eigenvalue weighted by molar-refractivity contribution is 7.12. The topological polar surface area (TPSA) is 26.0 Å². The molecule has 18 heavy (non-hydrogen) atoms. The lowest BCUT2D eigenvalue weighted by molar-refractivity contribution is 0.287. The van der Waals surface area contributed by atoms with Crippen LogP contribution in [0.3, 0.4) is 0 Å². The summed E-state index contributed by atoms with van der Waals surface area (Å²) in [6.45, 7) is 6.85. The van der Waals surface area contributed by atoms with Crippen LogP contribution in [-0.2, 0) is 5.41 Å². The highest BCUT2D eigenvalue weighted by Crippen LogP contribution is 2.52. The number of hydrogen-bond donors (Lipinski definition) is 1. The molecule has 0 aromatic carbocycles. The first-order valence-electron chi connectivity index (χ1n) is 7.31. The molecule has 2 heteroatoms. The molecular formula is C16H25NS. The fraction of sp³-hybridized carbons (Fsp3) is 0.750. The molecule has 2 bridgehead atoms. The van der Waals surface area contributed by atoms with Crippen molar-refractivity contribution >= 4 is 11.3 Å². The van der Waals surface area contributed by atoms with E-state index in [0.717, 1.165) is 17.8 Å². The van der Waals surface area contributed by atoms with Crippen LogP contribution < -0.4 is 5.73 Å². The summed E-state index contributed by atoms with van der Waals surface area (Å²) in [7, 11) is 0. The maximum atomic E-state index is 6.55. The summed E-state index contributed by atoms with van der Waals surface area (Å²) in [4.78, 5) is 2.88. The van der Waals surface area contributed by atoms with E-state index in [1.807, 2.05) is 11.3 Å².